The van der Waals surface area contributed by atoms with Crippen molar-refractivity contribution in [3.05, 3.63) is 34.6 Å². The van der Waals surface area contributed by atoms with Crippen molar-refractivity contribution >= 4 is 6.29 Å². The van der Waals surface area contributed by atoms with Gasteiger partial charge in [0.05, 0.1) is 5.56 Å². The molecule has 0 aliphatic carbocycles. The van der Waals surface area contributed by atoms with Crippen LogP contribution in [-0.4, -0.2) is 6.29 Å². The van der Waals surface area contributed by atoms with Gasteiger partial charge in [-0.1, -0.05) is 0 Å². The molecule has 0 saturated heterocycles. The number of hydrogen-bond acceptors (Lipinski definition) is 1. The Labute approximate surface area is 73.2 Å². The number of hydrogen-bond donors (Lipinski definition) is 0. The van der Waals surface area contributed by atoms with Crippen molar-refractivity contribution in [1.82, 2.24) is 0 Å². The number of benzene rings is 1. The van der Waals surface area contributed by atoms with E-state index in [-0.39, 0.29) is 11.1 Å². The standard InChI is InChI=1S/C9H7F3O/c1-5-2-6(4-13)3-7(8(5)10)9(11)12/h2-4,9H,1H3. The second kappa shape index (κ2) is 3.60. The Hall–Kier alpha value is -1.32. The average Bonchev–Trinajstić information content (AvgIpc) is 2.09. The van der Waals surface area contributed by atoms with E-state index in [1.54, 1.807) is 0 Å². The second-order valence-electron chi connectivity index (χ2n) is 2.66. The van der Waals surface area contributed by atoms with Crippen LogP contribution in [0.5, 0.6) is 0 Å². The van der Waals surface area contributed by atoms with Crippen molar-refractivity contribution in [2.45, 2.75) is 13.3 Å². The molecular formula is C9H7F3O. The van der Waals surface area contributed by atoms with Gasteiger partial charge in [0.25, 0.3) is 6.43 Å². The Balaban J connectivity index is 3.32. The van der Waals surface area contributed by atoms with E-state index in [2.05, 4.69) is 0 Å². The lowest BCUT2D eigenvalue weighted by Crippen LogP contribution is -1.96. The summed E-state index contributed by atoms with van der Waals surface area (Å²) in [6, 6.07) is 2.09. The predicted molar refractivity (Wildman–Crippen MR) is 41.5 cm³/mol. The molecule has 0 aliphatic rings. The minimum atomic E-state index is -2.89. The molecule has 13 heavy (non-hydrogen) atoms. The third-order valence-corrected chi connectivity index (χ3v) is 1.68. The fourth-order valence-corrected chi connectivity index (χ4v) is 1.05. The van der Waals surface area contributed by atoms with E-state index in [4.69, 9.17) is 0 Å². The van der Waals surface area contributed by atoms with Crippen LogP contribution in [0.4, 0.5) is 13.2 Å². The van der Waals surface area contributed by atoms with E-state index in [9.17, 15) is 18.0 Å². The highest BCUT2D eigenvalue weighted by atomic mass is 19.3. The van der Waals surface area contributed by atoms with Gasteiger partial charge in [-0.3, -0.25) is 4.79 Å². The van der Waals surface area contributed by atoms with Gasteiger partial charge in [0, 0.05) is 5.56 Å². The summed E-state index contributed by atoms with van der Waals surface area (Å²) in [5.41, 5.74) is -0.601. The largest absolute Gasteiger partial charge is 0.298 e. The van der Waals surface area contributed by atoms with Crippen molar-refractivity contribution in [1.29, 1.82) is 0 Å². The van der Waals surface area contributed by atoms with Crippen LogP contribution in [0.25, 0.3) is 0 Å². The van der Waals surface area contributed by atoms with Crippen molar-refractivity contribution in [3.8, 4) is 0 Å². The molecule has 1 rings (SSSR count). The minimum Gasteiger partial charge on any atom is -0.298 e. The van der Waals surface area contributed by atoms with Crippen molar-refractivity contribution < 1.29 is 18.0 Å². The van der Waals surface area contributed by atoms with Gasteiger partial charge < -0.3 is 0 Å². The first-order chi connectivity index (χ1) is 6.06. The van der Waals surface area contributed by atoms with Crippen LogP contribution < -0.4 is 0 Å². The van der Waals surface area contributed by atoms with E-state index < -0.39 is 17.8 Å². The molecule has 0 spiro atoms. The molecule has 1 nitrogen and oxygen atoms in total. The molecule has 70 valence electrons. The molecule has 0 heterocycles. The SMILES string of the molecule is Cc1cc(C=O)cc(C(F)F)c1F. The van der Waals surface area contributed by atoms with Gasteiger partial charge in [0.15, 0.2) is 0 Å². The van der Waals surface area contributed by atoms with Gasteiger partial charge >= 0.3 is 0 Å². The highest BCUT2D eigenvalue weighted by Gasteiger charge is 2.15. The zero-order valence-electron chi connectivity index (χ0n) is 6.85. The predicted octanol–water partition coefficient (Wildman–Crippen LogP) is 2.88. The number of aryl methyl sites for hydroxylation is 1. The molecule has 0 aliphatic heterocycles. The molecule has 0 unspecified atom stereocenters. The molecule has 0 fully saturated rings. The zero-order chi connectivity index (χ0) is 10.0. The van der Waals surface area contributed by atoms with E-state index in [0.29, 0.717) is 6.29 Å². The van der Waals surface area contributed by atoms with E-state index >= 15 is 0 Å². The molecule has 0 amide bonds. The Morgan fingerprint density at radius 2 is 2.00 bits per heavy atom. The summed E-state index contributed by atoms with van der Waals surface area (Å²) in [5, 5.41) is 0. The van der Waals surface area contributed by atoms with Gasteiger partial charge in [0.1, 0.15) is 12.1 Å². The lowest BCUT2D eigenvalue weighted by atomic mass is 10.1. The van der Waals surface area contributed by atoms with Gasteiger partial charge in [-0.2, -0.15) is 0 Å². The second-order valence-corrected chi connectivity index (χ2v) is 2.66. The summed E-state index contributed by atoms with van der Waals surface area (Å²) in [6.45, 7) is 1.34. The molecular weight excluding hydrogens is 181 g/mol. The third kappa shape index (κ3) is 1.88. The van der Waals surface area contributed by atoms with Crippen molar-refractivity contribution in [2.75, 3.05) is 0 Å². The van der Waals surface area contributed by atoms with Crippen LogP contribution in [0.2, 0.25) is 0 Å². The average molecular weight is 188 g/mol. The summed E-state index contributed by atoms with van der Waals surface area (Å²) in [4.78, 5) is 10.3. The fraction of sp³-hybridized carbons (Fsp3) is 0.222. The minimum absolute atomic E-state index is 0.0555. The summed E-state index contributed by atoms with van der Waals surface area (Å²) >= 11 is 0. The summed E-state index contributed by atoms with van der Waals surface area (Å²) in [7, 11) is 0. The van der Waals surface area contributed by atoms with E-state index in [1.165, 1.54) is 13.0 Å². The van der Waals surface area contributed by atoms with Crippen LogP contribution in [0.3, 0.4) is 0 Å². The van der Waals surface area contributed by atoms with Crippen LogP contribution >= 0.6 is 0 Å². The number of aldehydes is 1. The third-order valence-electron chi connectivity index (χ3n) is 1.68. The van der Waals surface area contributed by atoms with Gasteiger partial charge in [-0.15, -0.1) is 0 Å². The molecule has 0 saturated carbocycles. The quantitative estimate of drug-likeness (QED) is 0.652. The highest BCUT2D eigenvalue weighted by molar-refractivity contribution is 5.75. The first-order valence-corrected chi connectivity index (χ1v) is 3.59. The van der Waals surface area contributed by atoms with Crippen LogP contribution in [0.1, 0.15) is 27.9 Å². The smallest absolute Gasteiger partial charge is 0.266 e. The lowest BCUT2D eigenvalue weighted by Gasteiger charge is -2.05. The monoisotopic (exact) mass is 188 g/mol. The van der Waals surface area contributed by atoms with Gasteiger partial charge in [0.2, 0.25) is 0 Å². The number of alkyl halides is 2. The molecule has 0 aromatic heterocycles. The number of carbonyl (C=O) groups excluding carboxylic acids is 1. The number of rotatable bonds is 2. The first-order valence-electron chi connectivity index (χ1n) is 3.59. The summed E-state index contributed by atoms with van der Waals surface area (Å²) in [5.74, 6) is -0.944. The molecule has 1 aromatic carbocycles. The van der Waals surface area contributed by atoms with E-state index in [1.807, 2.05) is 0 Å². The Bertz CT molecular complexity index is 334. The van der Waals surface area contributed by atoms with Crippen LogP contribution in [0, 0.1) is 12.7 Å². The van der Waals surface area contributed by atoms with Gasteiger partial charge in [-0.05, 0) is 24.6 Å². The Kier molecular flexibility index (Phi) is 2.70. The van der Waals surface area contributed by atoms with Crippen molar-refractivity contribution in [2.24, 2.45) is 0 Å². The number of halogens is 3. The lowest BCUT2D eigenvalue weighted by molar-refractivity contribution is 0.112. The van der Waals surface area contributed by atoms with Crippen LogP contribution in [0.15, 0.2) is 12.1 Å². The normalized spacial score (nSPS) is 10.5. The Morgan fingerprint density at radius 1 is 1.38 bits per heavy atom. The highest BCUT2D eigenvalue weighted by Crippen LogP contribution is 2.24. The zero-order valence-corrected chi connectivity index (χ0v) is 6.85. The topological polar surface area (TPSA) is 17.1 Å². The molecule has 0 N–H and O–H groups in total. The molecule has 0 bridgehead atoms. The Morgan fingerprint density at radius 3 is 2.46 bits per heavy atom. The maximum absolute atomic E-state index is 13.0. The molecule has 0 radical (unpaired) electrons. The van der Waals surface area contributed by atoms with Crippen molar-refractivity contribution in [3.63, 3.8) is 0 Å². The van der Waals surface area contributed by atoms with Gasteiger partial charge in [-0.25, -0.2) is 13.2 Å². The maximum Gasteiger partial charge on any atom is 0.266 e. The first kappa shape index (κ1) is 9.77. The molecule has 1 aromatic rings. The summed E-state index contributed by atoms with van der Waals surface area (Å²) < 4.78 is 37.3. The molecule has 0 atom stereocenters. The molecule has 4 heteroatoms. The number of carbonyl (C=O) groups is 1. The fourth-order valence-electron chi connectivity index (χ4n) is 1.05. The van der Waals surface area contributed by atoms with E-state index in [0.717, 1.165) is 6.07 Å². The van der Waals surface area contributed by atoms with Crippen LogP contribution in [-0.2, 0) is 0 Å². The summed E-state index contributed by atoms with van der Waals surface area (Å²) in [6.07, 6.45) is -2.48. The maximum atomic E-state index is 13.0.